The predicted octanol–water partition coefficient (Wildman–Crippen LogP) is 0.227. The lowest BCUT2D eigenvalue weighted by Crippen LogP contribution is -2.62. The predicted molar refractivity (Wildman–Crippen MR) is 59.5 cm³/mol. The SMILES string of the molecule is C=CCC(=O)CN1C(=O)[C@H](C(C)O)[C@@H]1S. The van der Waals surface area contributed by atoms with Crippen LogP contribution in [0.2, 0.25) is 0 Å². The Labute approximate surface area is 94.4 Å². The van der Waals surface area contributed by atoms with Gasteiger partial charge in [-0.25, -0.2) is 0 Å². The summed E-state index contributed by atoms with van der Waals surface area (Å²) in [5.41, 5.74) is 0. The molecule has 4 nitrogen and oxygen atoms in total. The lowest BCUT2D eigenvalue weighted by molar-refractivity contribution is -0.158. The molecule has 0 saturated carbocycles. The average Bonchev–Trinajstić information content (AvgIpc) is 2.14. The van der Waals surface area contributed by atoms with Crippen LogP contribution >= 0.6 is 12.6 Å². The molecule has 1 amide bonds. The van der Waals surface area contributed by atoms with E-state index in [4.69, 9.17) is 0 Å². The van der Waals surface area contributed by atoms with E-state index in [-0.39, 0.29) is 30.0 Å². The van der Waals surface area contributed by atoms with Crippen LogP contribution in [0, 0.1) is 5.92 Å². The van der Waals surface area contributed by atoms with E-state index < -0.39 is 12.0 Å². The van der Waals surface area contributed by atoms with Gasteiger partial charge in [-0.15, -0.1) is 6.58 Å². The number of likely N-dealkylation sites (tertiary alicyclic amines) is 1. The van der Waals surface area contributed by atoms with E-state index in [0.717, 1.165) is 0 Å². The van der Waals surface area contributed by atoms with Crippen LogP contribution in [0.15, 0.2) is 12.7 Å². The lowest BCUT2D eigenvalue weighted by Gasteiger charge is -2.45. The minimum atomic E-state index is -0.717. The number of allylic oxidation sites excluding steroid dienone is 1. The van der Waals surface area contributed by atoms with Gasteiger partial charge in [-0.05, 0) is 6.92 Å². The van der Waals surface area contributed by atoms with E-state index in [1.54, 1.807) is 6.92 Å². The highest BCUT2D eigenvalue weighted by molar-refractivity contribution is 7.81. The summed E-state index contributed by atoms with van der Waals surface area (Å²) in [5.74, 6) is -0.756. The van der Waals surface area contributed by atoms with E-state index in [9.17, 15) is 14.7 Å². The first kappa shape index (κ1) is 12.3. The summed E-state index contributed by atoms with van der Waals surface area (Å²) in [6.45, 7) is 5.06. The molecule has 1 fully saturated rings. The van der Waals surface area contributed by atoms with Crippen LogP contribution in [0.3, 0.4) is 0 Å². The van der Waals surface area contributed by atoms with Gasteiger partial charge in [0.15, 0.2) is 5.78 Å². The summed E-state index contributed by atoms with van der Waals surface area (Å²) in [5, 5.41) is 8.92. The highest BCUT2D eigenvalue weighted by Crippen LogP contribution is 2.31. The molecule has 15 heavy (non-hydrogen) atoms. The van der Waals surface area contributed by atoms with Crippen molar-refractivity contribution in [1.29, 1.82) is 0 Å². The molecular formula is C10H15NO3S. The minimum Gasteiger partial charge on any atom is -0.392 e. The first-order chi connectivity index (χ1) is 6.99. The number of Topliss-reactive ketones (excluding diaryl/α,β-unsaturated/α-hetero) is 1. The highest BCUT2D eigenvalue weighted by atomic mass is 32.1. The van der Waals surface area contributed by atoms with Crippen molar-refractivity contribution < 1.29 is 14.7 Å². The quantitative estimate of drug-likeness (QED) is 0.403. The van der Waals surface area contributed by atoms with Gasteiger partial charge < -0.3 is 10.0 Å². The second-order valence-electron chi connectivity index (χ2n) is 3.68. The first-order valence-electron chi connectivity index (χ1n) is 4.78. The standard InChI is InChI=1S/C10H15NO3S/c1-3-4-7(13)5-11-9(14)8(6(2)12)10(11)15/h3,6,8,10,12,15H,1,4-5H2,2H3/t6?,8-,10-/m0/s1. The molecule has 1 heterocycles. The largest absolute Gasteiger partial charge is 0.392 e. The first-order valence-corrected chi connectivity index (χ1v) is 5.30. The van der Waals surface area contributed by atoms with E-state index in [0.29, 0.717) is 0 Å². The Morgan fingerprint density at radius 1 is 1.80 bits per heavy atom. The van der Waals surface area contributed by atoms with Crippen molar-refractivity contribution in [2.75, 3.05) is 6.54 Å². The van der Waals surface area contributed by atoms with Gasteiger partial charge in [-0.2, -0.15) is 12.6 Å². The molecule has 0 aliphatic carbocycles. The molecular weight excluding hydrogens is 214 g/mol. The van der Waals surface area contributed by atoms with E-state index in [1.807, 2.05) is 0 Å². The zero-order chi connectivity index (χ0) is 11.6. The molecule has 1 N–H and O–H groups in total. The molecule has 0 bridgehead atoms. The number of hydrogen-bond donors (Lipinski definition) is 2. The normalized spacial score (nSPS) is 27.1. The number of nitrogens with zero attached hydrogens (tertiary/aromatic N) is 1. The summed E-state index contributed by atoms with van der Waals surface area (Å²) < 4.78 is 0. The monoisotopic (exact) mass is 229 g/mol. The van der Waals surface area contributed by atoms with Crippen LogP contribution in [0.1, 0.15) is 13.3 Å². The number of thiol groups is 1. The van der Waals surface area contributed by atoms with Gasteiger partial charge in [0.2, 0.25) is 5.91 Å². The molecule has 1 aliphatic rings. The number of rotatable bonds is 5. The summed E-state index contributed by atoms with van der Waals surface area (Å²) in [6, 6.07) is 0. The summed E-state index contributed by atoms with van der Waals surface area (Å²) in [7, 11) is 0. The average molecular weight is 229 g/mol. The molecule has 84 valence electrons. The number of carbonyl (C=O) groups excluding carboxylic acids is 2. The number of ketones is 1. The van der Waals surface area contributed by atoms with E-state index in [2.05, 4.69) is 19.2 Å². The maximum absolute atomic E-state index is 11.5. The van der Waals surface area contributed by atoms with Crippen molar-refractivity contribution in [3.63, 3.8) is 0 Å². The number of β-lactam (4-membered cyclic amide) rings is 1. The number of amides is 1. The summed E-state index contributed by atoms with van der Waals surface area (Å²) in [4.78, 5) is 24.1. The van der Waals surface area contributed by atoms with E-state index in [1.165, 1.54) is 11.0 Å². The maximum Gasteiger partial charge on any atom is 0.232 e. The number of aliphatic hydroxyl groups is 1. The van der Waals surface area contributed by atoms with Gasteiger partial charge in [0.25, 0.3) is 0 Å². The molecule has 0 aromatic heterocycles. The highest BCUT2D eigenvalue weighted by Gasteiger charge is 2.47. The van der Waals surface area contributed by atoms with Crippen molar-refractivity contribution in [3.05, 3.63) is 12.7 Å². The van der Waals surface area contributed by atoms with Crippen molar-refractivity contribution in [1.82, 2.24) is 4.90 Å². The van der Waals surface area contributed by atoms with Crippen LogP contribution < -0.4 is 0 Å². The van der Waals surface area contributed by atoms with E-state index >= 15 is 0 Å². The molecule has 0 radical (unpaired) electrons. The number of carbonyl (C=O) groups is 2. The fourth-order valence-corrected chi connectivity index (χ4v) is 2.18. The zero-order valence-electron chi connectivity index (χ0n) is 8.59. The summed E-state index contributed by atoms with van der Waals surface area (Å²) >= 11 is 4.18. The topological polar surface area (TPSA) is 57.6 Å². The Morgan fingerprint density at radius 2 is 2.40 bits per heavy atom. The van der Waals surface area contributed by atoms with Crippen LogP contribution in [0.25, 0.3) is 0 Å². The van der Waals surface area contributed by atoms with Crippen LogP contribution in [0.4, 0.5) is 0 Å². The molecule has 1 rings (SSSR count). The second kappa shape index (κ2) is 4.81. The van der Waals surface area contributed by atoms with Crippen molar-refractivity contribution in [2.45, 2.75) is 24.8 Å². The fraction of sp³-hybridized carbons (Fsp3) is 0.600. The Kier molecular flexibility index (Phi) is 3.93. The zero-order valence-corrected chi connectivity index (χ0v) is 9.48. The number of hydrogen-bond acceptors (Lipinski definition) is 4. The van der Waals surface area contributed by atoms with Gasteiger partial charge in [0.05, 0.1) is 23.9 Å². The molecule has 3 atom stereocenters. The Balaban J connectivity index is 2.50. The smallest absolute Gasteiger partial charge is 0.232 e. The molecule has 0 aromatic carbocycles. The Bertz CT molecular complexity index is 290. The molecule has 0 aromatic rings. The Morgan fingerprint density at radius 3 is 2.80 bits per heavy atom. The third kappa shape index (κ3) is 2.41. The fourth-order valence-electron chi connectivity index (χ4n) is 1.60. The van der Waals surface area contributed by atoms with Gasteiger partial charge in [0, 0.05) is 6.42 Å². The molecule has 5 heteroatoms. The third-order valence-corrected chi connectivity index (χ3v) is 3.05. The molecule has 1 unspecified atom stereocenters. The Hall–Kier alpha value is -0.810. The van der Waals surface area contributed by atoms with Gasteiger partial charge in [0.1, 0.15) is 0 Å². The van der Waals surface area contributed by atoms with Gasteiger partial charge in [-0.3, -0.25) is 9.59 Å². The number of aliphatic hydroxyl groups excluding tert-OH is 1. The molecule has 1 aliphatic heterocycles. The van der Waals surface area contributed by atoms with Gasteiger partial charge >= 0.3 is 0 Å². The third-order valence-electron chi connectivity index (χ3n) is 2.45. The maximum atomic E-state index is 11.5. The molecule has 1 saturated heterocycles. The lowest BCUT2D eigenvalue weighted by atomic mass is 9.92. The summed E-state index contributed by atoms with van der Waals surface area (Å²) in [6.07, 6.45) is 1.04. The van der Waals surface area contributed by atoms with Gasteiger partial charge in [-0.1, -0.05) is 6.08 Å². The second-order valence-corrected chi connectivity index (χ2v) is 4.21. The van der Waals surface area contributed by atoms with Crippen LogP contribution in [-0.2, 0) is 9.59 Å². The van der Waals surface area contributed by atoms with Crippen LogP contribution in [-0.4, -0.2) is 39.7 Å². The van der Waals surface area contributed by atoms with Crippen molar-refractivity contribution in [2.24, 2.45) is 5.92 Å². The van der Waals surface area contributed by atoms with Crippen LogP contribution in [0.5, 0.6) is 0 Å². The van der Waals surface area contributed by atoms with Crippen molar-refractivity contribution in [3.8, 4) is 0 Å². The minimum absolute atomic E-state index is 0.0578. The van der Waals surface area contributed by atoms with Crippen molar-refractivity contribution >= 4 is 24.3 Å². The molecule has 0 spiro atoms.